The van der Waals surface area contributed by atoms with E-state index in [9.17, 15) is 14.7 Å². The second-order valence-corrected chi connectivity index (χ2v) is 6.26. The molecule has 4 rings (SSSR count). The predicted octanol–water partition coefficient (Wildman–Crippen LogP) is 3.60. The lowest BCUT2D eigenvalue weighted by Crippen LogP contribution is -2.11. The van der Waals surface area contributed by atoms with Gasteiger partial charge in [0.25, 0.3) is 0 Å². The van der Waals surface area contributed by atoms with Crippen LogP contribution in [-0.4, -0.2) is 23.0 Å². The average molecular weight is 332 g/mol. The predicted molar refractivity (Wildman–Crippen MR) is 93.9 cm³/mol. The second kappa shape index (κ2) is 5.74. The Kier molecular flexibility index (Phi) is 3.53. The molecular formula is C21H16O4. The number of fused-ring (bicyclic) bond motifs is 3. The highest BCUT2D eigenvalue weighted by Crippen LogP contribution is 2.36. The highest BCUT2D eigenvalue weighted by atomic mass is 16.6. The molecule has 1 unspecified atom stereocenters. The Morgan fingerprint density at radius 1 is 1.12 bits per heavy atom. The van der Waals surface area contributed by atoms with Crippen LogP contribution in [-0.2, 0) is 20.7 Å². The molecule has 0 radical (unpaired) electrons. The number of carbonyl (C=O) groups excluding carboxylic acids is 2. The van der Waals surface area contributed by atoms with Gasteiger partial charge in [-0.05, 0) is 47.2 Å². The molecule has 1 N–H and O–H groups in total. The molecule has 0 saturated carbocycles. The smallest absolute Gasteiger partial charge is 0.346 e. The van der Waals surface area contributed by atoms with E-state index in [1.54, 1.807) is 6.08 Å². The van der Waals surface area contributed by atoms with Crippen LogP contribution in [0.15, 0.2) is 59.9 Å². The molecule has 124 valence electrons. The molecule has 1 aliphatic heterocycles. The van der Waals surface area contributed by atoms with E-state index in [0.717, 1.165) is 12.0 Å². The van der Waals surface area contributed by atoms with Gasteiger partial charge in [0.05, 0.1) is 0 Å². The first-order valence-corrected chi connectivity index (χ1v) is 8.12. The zero-order valence-electron chi connectivity index (χ0n) is 13.7. The van der Waals surface area contributed by atoms with E-state index in [1.165, 1.54) is 35.3 Å². The minimum atomic E-state index is -0.837. The van der Waals surface area contributed by atoms with E-state index in [4.69, 9.17) is 4.74 Å². The molecule has 1 aliphatic carbocycles. The third-order valence-electron chi connectivity index (χ3n) is 4.61. The summed E-state index contributed by atoms with van der Waals surface area (Å²) in [6.45, 7) is 1.49. The third-order valence-corrected chi connectivity index (χ3v) is 4.61. The first-order chi connectivity index (χ1) is 12.0. The number of ketones is 1. The van der Waals surface area contributed by atoms with Crippen LogP contribution in [0.3, 0.4) is 0 Å². The van der Waals surface area contributed by atoms with Crippen molar-refractivity contribution in [2.45, 2.75) is 19.4 Å². The van der Waals surface area contributed by atoms with Crippen molar-refractivity contribution >= 4 is 17.8 Å². The fourth-order valence-electron chi connectivity index (χ4n) is 3.33. The molecule has 2 aliphatic rings. The largest absolute Gasteiger partial charge is 0.507 e. The molecule has 1 saturated heterocycles. The van der Waals surface area contributed by atoms with Gasteiger partial charge in [0.1, 0.15) is 11.3 Å². The molecule has 4 nitrogen and oxygen atoms in total. The van der Waals surface area contributed by atoms with Gasteiger partial charge in [-0.15, -0.1) is 0 Å². The first-order valence-electron chi connectivity index (χ1n) is 8.12. The van der Waals surface area contributed by atoms with Crippen LogP contribution in [0, 0.1) is 0 Å². The maximum Gasteiger partial charge on any atom is 0.346 e. The number of carbonyl (C=O) groups is 2. The molecule has 25 heavy (non-hydrogen) atoms. The Balaban J connectivity index is 1.63. The van der Waals surface area contributed by atoms with Crippen molar-refractivity contribution in [3.05, 3.63) is 76.6 Å². The average Bonchev–Trinajstić information content (AvgIpc) is 3.09. The highest BCUT2D eigenvalue weighted by molar-refractivity contribution is 6.23. The van der Waals surface area contributed by atoms with Crippen molar-refractivity contribution in [3.63, 3.8) is 0 Å². The van der Waals surface area contributed by atoms with Gasteiger partial charge in [0.2, 0.25) is 5.78 Å². The number of esters is 1. The summed E-state index contributed by atoms with van der Waals surface area (Å²) in [5.41, 5.74) is 5.62. The summed E-state index contributed by atoms with van der Waals surface area (Å²) in [4.78, 5) is 23.5. The standard InChI is InChI=1S/C21H16O4/c1-12-20(23)19(21(24)25-12)18(22)9-7-13-6-8-17-15(10-13)11-14-4-2-3-5-16(14)17/h2-10,12,22H,11H2,1H3/b9-7+,19-18+. The monoisotopic (exact) mass is 332 g/mol. The minimum Gasteiger partial charge on any atom is -0.507 e. The van der Waals surface area contributed by atoms with E-state index < -0.39 is 17.9 Å². The molecule has 2 aromatic carbocycles. The maximum atomic E-state index is 11.9. The van der Waals surface area contributed by atoms with Crippen molar-refractivity contribution in [2.24, 2.45) is 0 Å². The number of Topliss-reactive ketones (excluding diaryl/α,β-unsaturated/α-hetero) is 1. The normalized spacial score (nSPS) is 20.6. The molecule has 0 bridgehead atoms. The van der Waals surface area contributed by atoms with Crippen LogP contribution in [0.5, 0.6) is 0 Å². The van der Waals surface area contributed by atoms with Gasteiger partial charge in [-0.2, -0.15) is 0 Å². The van der Waals surface area contributed by atoms with Crippen molar-refractivity contribution in [2.75, 3.05) is 0 Å². The Hall–Kier alpha value is -3.14. The van der Waals surface area contributed by atoms with Crippen molar-refractivity contribution in [3.8, 4) is 11.1 Å². The van der Waals surface area contributed by atoms with Gasteiger partial charge < -0.3 is 9.84 Å². The quantitative estimate of drug-likeness (QED) is 0.337. The zero-order chi connectivity index (χ0) is 17.6. The Bertz CT molecular complexity index is 966. The van der Waals surface area contributed by atoms with E-state index in [1.807, 2.05) is 18.2 Å². The fourth-order valence-corrected chi connectivity index (χ4v) is 3.33. The van der Waals surface area contributed by atoms with Crippen LogP contribution < -0.4 is 0 Å². The number of cyclic esters (lactones) is 1. The SMILES string of the molecule is CC1OC(=O)/C(=C(O)\C=C\c2ccc3c(c2)Cc2ccccc2-3)C1=O. The lowest BCUT2D eigenvalue weighted by atomic mass is 10.0. The molecule has 2 aromatic rings. The number of ether oxygens (including phenoxy) is 1. The zero-order valence-corrected chi connectivity index (χ0v) is 13.7. The summed E-state index contributed by atoms with van der Waals surface area (Å²) in [5.74, 6) is -1.62. The first kappa shape index (κ1) is 15.4. The van der Waals surface area contributed by atoms with Gasteiger partial charge in [-0.3, -0.25) is 4.79 Å². The molecule has 0 amide bonds. The second-order valence-electron chi connectivity index (χ2n) is 6.26. The molecule has 0 aromatic heterocycles. The number of hydrogen-bond donors (Lipinski definition) is 1. The molecule has 1 atom stereocenters. The summed E-state index contributed by atoms with van der Waals surface area (Å²) < 4.78 is 4.82. The summed E-state index contributed by atoms with van der Waals surface area (Å²) in [5, 5.41) is 10.1. The van der Waals surface area contributed by atoms with E-state index in [2.05, 4.69) is 24.3 Å². The highest BCUT2D eigenvalue weighted by Gasteiger charge is 2.37. The van der Waals surface area contributed by atoms with Crippen molar-refractivity contribution in [1.29, 1.82) is 0 Å². The van der Waals surface area contributed by atoms with Crippen LogP contribution in [0.2, 0.25) is 0 Å². The van der Waals surface area contributed by atoms with Gasteiger partial charge in [0, 0.05) is 0 Å². The van der Waals surface area contributed by atoms with Crippen molar-refractivity contribution in [1.82, 2.24) is 0 Å². The van der Waals surface area contributed by atoms with Gasteiger partial charge in [-0.25, -0.2) is 4.79 Å². The lowest BCUT2D eigenvalue weighted by Gasteiger charge is -2.02. The lowest BCUT2D eigenvalue weighted by molar-refractivity contribution is -0.139. The van der Waals surface area contributed by atoms with Crippen LogP contribution in [0.25, 0.3) is 17.2 Å². The Morgan fingerprint density at radius 2 is 1.88 bits per heavy atom. The number of aliphatic hydroxyl groups is 1. The minimum absolute atomic E-state index is 0.280. The maximum absolute atomic E-state index is 11.9. The number of benzene rings is 2. The summed E-state index contributed by atoms with van der Waals surface area (Å²) in [6, 6.07) is 14.4. The van der Waals surface area contributed by atoms with E-state index in [-0.39, 0.29) is 11.3 Å². The molecule has 1 fully saturated rings. The number of aliphatic hydroxyl groups excluding tert-OH is 1. The third kappa shape index (κ3) is 2.56. The number of allylic oxidation sites excluding steroid dienone is 1. The van der Waals surface area contributed by atoms with Crippen LogP contribution in [0.1, 0.15) is 23.6 Å². The Morgan fingerprint density at radius 3 is 2.64 bits per heavy atom. The molecule has 1 heterocycles. The summed E-state index contributed by atoms with van der Waals surface area (Å²) in [7, 11) is 0. The summed E-state index contributed by atoms with van der Waals surface area (Å²) in [6.07, 6.45) is 3.10. The summed E-state index contributed by atoms with van der Waals surface area (Å²) >= 11 is 0. The van der Waals surface area contributed by atoms with Crippen molar-refractivity contribution < 1.29 is 19.4 Å². The van der Waals surface area contributed by atoms with Crippen LogP contribution in [0.4, 0.5) is 0 Å². The molecular weight excluding hydrogens is 316 g/mol. The van der Waals surface area contributed by atoms with E-state index in [0.29, 0.717) is 0 Å². The fraction of sp³-hybridized carbons (Fsp3) is 0.143. The van der Waals surface area contributed by atoms with Crippen LogP contribution >= 0.6 is 0 Å². The number of rotatable bonds is 2. The van der Waals surface area contributed by atoms with Gasteiger partial charge in [-0.1, -0.05) is 48.5 Å². The Labute approximate surface area is 145 Å². The van der Waals surface area contributed by atoms with Gasteiger partial charge in [0.15, 0.2) is 6.10 Å². The topological polar surface area (TPSA) is 63.6 Å². The van der Waals surface area contributed by atoms with E-state index >= 15 is 0 Å². The number of hydrogen-bond acceptors (Lipinski definition) is 4. The van der Waals surface area contributed by atoms with Gasteiger partial charge >= 0.3 is 5.97 Å². The molecule has 0 spiro atoms. The molecule has 4 heteroatoms.